The Morgan fingerprint density at radius 3 is 2.26 bits per heavy atom. The molecule has 2 N–H and O–H groups in total. The molecular weight excluding hydrogens is 398 g/mol. The number of nitrogens with zero attached hydrogens (tertiary/aromatic N) is 2. The monoisotopic (exact) mass is 410 g/mol. The van der Waals surface area contributed by atoms with Crippen LogP contribution in [0.15, 0.2) is 53.6 Å². The standard InChI is InChI=1S/C17H13ClF2N4O2S/c1-10-8-12(4-7-14(10)19)22-16-15(20)9-21-17(24-16)23-11-2-5-13(6-3-11)27(18,25)26/h2-9H,1H3,(H2,21,22,23,24). The molecule has 0 aliphatic rings. The zero-order valence-electron chi connectivity index (χ0n) is 13.9. The van der Waals surface area contributed by atoms with Gasteiger partial charge in [0.15, 0.2) is 11.6 Å². The summed E-state index contributed by atoms with van der Waals surface area (Å²) < 4.78 is 49.8. The maximum absolute atomic E-state index is 14.0. The van der Waals surface area contributed by atoms with E-state index < -0.39 is 14.9 Å². The van der Waals surface area contributed by atoms with Gasteiger partial charge in [-0.05, 0) is 55.0 Å². The van der Waals surface area contributed by atoms with Crippen LogP contribution in [0, 0.1) is 18.6 Å². The van der Waals surface area contributed by atoms with Crippen molar-refractivity contribution < 1.29 is 17.2 Å². The molecule has 0 aliphatic carbocycles. The molecule has 1 heterocycles. The molecule has 3 rings (SSSR count). The highest BCUT2D eigenvalue weighted by Gasteiger charge is 2.11. The number of benzene rings is 2. The van der Waals surface area contributed by atoms with E-state index in [9.17, 15) is 17.2 Å². The van der Waals surface area contributed by atoms with Gasteiger partial charge in [-0.15, -0.1) is 0 Å². The lowest BCUT2D eigenvalue weighted by atomic mass is 10.2. The topological polar surface area (TPSA) is 84.0 Å². The third-order valence-electron chi connectivity index (χ3n) is 3.56. The first-order valence-electron chi connectivity index (χ1n) is 7.60. The van der Waals surface area contributed by atoms with Gasteiger partial charge < -0.3 is 10.6 Å². The molecule has 27 heavy (non-hydrogen) atoms. The summed E-state index contributed by atoms with van der Waals surface area (Å²) >= 11 is 0. The highest BCUT2D eigenvalue weighted by molar-refractivity contribution is 8.13. The molecule has 0 saturated heterocycles. The lowest BCUT2D eigenvalue weighted by molar-refractivity contribution is 0.609. The summed E-state index contributed by atoms with van der Waals surface area (Å²) in [5.74, 6) is -1.07. The molecule has 6 nitrogen and oxygen atoms in total. The average molecular weight is 411 g/mol. The fourth-order valence-electron chi connectivity index (χ4n) is 2.20. The maximum atomic E-state index is 14.0. The molecule has 0 fully saturated rings. The predicted molar refractivity (Wildman–Crippen MR) is 99.2 cm³/mol. The third-order valence-corrected chi connectivity index (χ3v) is 4.93. The van der Waals surface area contributed by atoms with Crippen molar-refractivity contribution in [2.24, 2.45) is 0 Å². The number of aromatic nitrogens is 2. The van der Waals surface area contributed by atoms with Crippen LogP contribution in [0.25, 0.3) is 0 Å². The summed E-state index contributed by atoms with van der Waals surface area (Å²) in [6, 6.07) is 9.82. The second-order valence-electron chi connectivity index (χ2n) is 5.57. The van der Waals surface area contributed by atoms with Gasteiger partial charge in [0, 0.05) is 22.1 Å². The van der Waals surface area contributed by atoms with E-state index in [1.165, 1.54) is 42.5 Å². The van der Waals surface area contributed by atoms with Crippen LogP contribution in [0.2, 0.25) is 0 Å². The lowest BCUT2D eigenvalue weighted by Crippen LogP contribution is -2.03. The van der Waals surface area contributed by atoms with E-state index in [1.807, 2.05) is 0 Å². The number of hydrogen-bond acceptors (Lipinski definition) is 6. The Bertz CT molecular complexity index is 1090. The molecule has 140 valence electrons. The predicted octanol–water partition coefficient (Wildman–Crippen LogP) is 4.48. The lowest BCUT2D eigenvalue weighted by Gasteiger charge is -2.10. The molecule has 0 atom stereocenters. The zero-order valence-corrected chi connectivity index (χ0v) is 15.4. The van der Waals surface area contributed by atoms with Gasteiger partial charge in [-0.25, -0.2) is 22.2 Å². The van der Waals surface area contributed by atoms with Crippen LogP contribution in [0.5, 0.6) is 0 Å². The molecule has 1 aromatic heterocycles. The van der Waals surface area contributed by atoms with Gasteiger partial charge in [0.2, 0.25) is 5.95 Å². The van der Waals surface area contributed by atoms with Crippen molar-refractivity contribution in [1.29, 1.82) is 0 Å². The Hall–Kier alpha value is -2.78. The second kappa shape index (κ2) is 7.45. The molecule has 10 heteroatoms. The van der Waals surface area contributed by atoms with Crippen molar-refractivity contribution in [2.45, 2.75) is 11.8 Å². The largest absolute Gasteiger partial charge is 0.338 e. The quantitative estimate of drug-likeness (QED) is 0.603. The summed E-state index contributed by atoms with van der Waals surface area (Å²) in [5.41, 5.74) is 1.35. The minimum Gasteiger partial charge on any atom is -0.338 e. The van der Waals surface area contributed by atoms with E-state index in [1.54, 1.807) is 6.92 Å². The van der Waals surface area contributed by atoms with Gasteiger partial charge >= 0.3 is 0 Å². The molecule has 3 aromatic rings. The Morgan fingerprint density at radius 1 is 0.963 bits per heavy atom. The minimum absolute atomic E-state index is 0.0521. The van der Waals surface area contributed by atoms with Crippen molar-refractivity contribution in [2.75, 3.05) is 10.6 Å². The van der Waals surface area contributed by atoms with E-state index in [-0.39, 0.29) is 22.5 Å². The number of anilines is 4. The maximum Gasteiger partial charge on any atom is 0.261 e. The third kappa shape index (κ3) is 4.69. The van der Waals surface area contributed by atoms with E-state index >= 15 is 0 Å². The molecule has 0 spiro atoms. The molecule has 2 aromatic carbocycles. The van der Waals surface area contributed by atoms with Crippen molar-refractivity contribution >= 4 is 42.9 Å². The van der Waals surface area contributed by atoms with Crippen LogP contribution < -0.4 is 10.6 Å². The fourth-order valence-corrected chi connectivity index (χ4v) is 2.97. The molecule has 0 radical (unpaired) electrons. The average Bonchev–Trinajstić information content (AvgIpc) is 2.61. The summed E-state index contributed by atoms with van der Waals surface area (Å²) in [6.45, 7) is 1.59. The Morgan fingerprint density at radius 2 is 1.63 bits per heavy atom. The van der Waals surface area contributed by atoms with E-state index in [0.29, 0.717) is 16.9 Å². The van der Waals surface area contributed by atoms with Gasteiger partial charge in [-0.2, -0.15) is 4.98 Å². The van der Waals surface area contributed by atoms with Crippen LogP contribution in [0.1, 0.15) is 5.56 Å². The summed E-state index contributed by atoms with van der Waals surface area (Å²) in [5, 5.41) is 5.60. The first-order chi connectivity index (χ1) is 12.7. The number of halogens is 3. The first-order valence-corrected chi connectivity index (χ1v) is 9.91. The highest BCUT2D eigenvalue weighted by atomic mass is 35.7. The summed E-state index contributed by atoms with van der Waals surface area (Å²) in [7, 11) is 1.44. The molecular formula is C17H13ClF2N4O2S. The van der Waals surface area contributed by atoms with E-state index in [2.05, 4.69) is 20.6 Å². The van der Waals surface area contributed by atoms with Crippen LogP contribution in [0.3, 0.4) is 0 Å². The smallest absolute Gasteiger partial charge is 0.261 e. The van der Waals surface area contributed by atoms with Gasteiger partial charge in [-0.1, -0.05) is 0 Å². The normalized spacial score (nSPS) is 11.3. The first kappa shape index (κ1) is 19.0. The van der Waals surface area contributed by atoms with Crippen molar-refractivity contribution in [3.8, 4) is 0 Å². The number of nitrogens with one attached hydrogen (secondary N) is 2. The van der Waals surface area contributed by atoms with Crippen molar-refractivity contribution in [1.82, 2.24) is 9.97 Å². The fraction of sp³-hybridized carbons (Fsp3) is 0.0588. The molecule has 0 saturated carbocycles. The SMILES string of the molecule is Cc1cc(Nc2nc(Nc3ccc(S(=O)(=O)Cl)cc3)ncc2F)ccc1F. The van der Waals surface area contributed by atoms with Gasteiger partial charge in [0.1, 0.15) is 5.82 Å². The summed E-state index contributed by atoms with van der Waals surface area (Å²) in [6.07, 6.45) is 0.978. The number of aryl methyl sites for hydroxylation is 1. The van der Waals surface area contributed by atoms with Crippen molar-refractivity contribution in [3.63, 3.8) is 0 Å². The minimum atomic E-state index is -3.82. The van der Waals surface area contributed by atoms with Crippen LogP contribution >= 0.6 is 10.7 Å². The Labute approximate surface area is 158 Å². The van der Waals surface area contributed by atoms with Crippen molar-refractivity contribution in [3.05, 3.63) is 65.9 Å². The Balaban J connectivity index is 1.81. The number of rotatable bonds is 5. The van der Waals surface area contributed by atoms with Crippen LogP contribution in [-0.2, 0) is 9.05 Å². The molecule has 0 amide bonds. The number of hydrogen-bond donors (Lipinski definition) is 2. The Kier molecular flexibility index (Phi) is 5.24. The van der Waals surface area contributed by atoms with Crippen LogP contribution in [0.4, 0.5) is 31.9 Å². The second-order valence-corrected chi connectivity index (χ2v) is 8.13. The highest BCUT2D eigenvalue weighted by Crippen LogP contribution is 2.23. The van der Waals surface area contributed by atoms with E-state index in [4.69, 9.17) is 10.7 Å². The van der Waals surface area contributed by atoms with Crippen LogP contribution in [-0.4, -0.2) is 18.4 Å². The molecule has 0 bridgehead atoms. The molecule has 0 unspecified atom stereocenters. The van der Waals surface area contributed by atoms with Gasteiger partial charge in [0.05, 0.1) is 11.1 Å². The summed E-state index contributed by atoms with van der Waals surface area (Å²) in [4.78, 5) is 7.82. The zero-order chi connectivity index (χ0) is 19.6. The van der Waals surface area contributed by atoms with Gasteiger partial charge in [-0.3, -0.25) is 0 Å². The van der Waals surface area contributed by atoms with E-state index in [0.717, 1.165) is 6.20 Å². The van der Waals surface area contributed by atoms with Gasteiger partial charge in [0.25, 0.3) is 9.05 Å². The molecule has 0 aliphatic heterocycles.